The smallest absolute Gasteiger partial charge is 0.226 e. The zero-order chi connectivity index (χ0) is 10.7. The topological polar surface area (TPSA) is 29.1 Å². The Labute approximate surface area is 90.7 Å². The van der Waals surface area contributed by atoms with Crippen LogP contribution in [-0.4, -0.2) is 12.5 Å². The summed E-state index contributed by atoms with van der Waals surface area (Å²) in [6, 6.07) is 10.2. The van der Waals surface area contributed by atoms with Crippen LogP contribution in [0.3, 0.4) is 0 Å². The maximum atomic E-state index is 11.8. The zero-order valence-corrected chi connectivity index (χ0v) is 9.12. The molecule has 15 heavy (non-hydrogen) atoms. The SMILES string of the molecule is C[C@@]1(Cc2ccccc2)CCCNC1=O. The molecule has 0 spiro atoms. The van der Waals surface area contributed by atoms with Crippen molar-refractivity contribution in [2.75, 3.05) is 6.54 Å². The molecule has 2 nitrogen and oxygen atoms in total. The van der Waals surface area contributed by atoms with E-state index in [0.717, 1.165) is 25.8 Å². The van der Waals surface area contributed by atoms with Crippen LogP contribution in [0, 0.1) is 5.41 Å². The van der Waals surface area contributed by atoms with Crippen LogP contribution in [0.25, 0.3) is 0 Å². The number of nitrogens with one attached hydrogen (secondary N) is 1. The fraction of sp³-hybridized carbons (Fsp3) is 0.462. The molecule has 1 N–H and O–H groups in total. The lowest BCUT2D eigenvalue weighted by Gasteiger charge is -2.32. The maximum absolute atomic E-state index is 11.8. The molecule has 1 aromatic rings. The Kier molecular flexibility index (Phi) is 2.76. The minimum atomic E-state index is -0.209. The lowest BCUT2D eigenvalue weighted by atomic mass is 9.77. The molecule has 0 bridgehead atoms. The molecule has 2 heteroatoms. The average Bonchev–Trinajstić information content (AvgIpc) is 2.24. The quantitative estimate of drug-likeness (QED) is 0.784. The fourth-order valence-corrected chi connectivity index (χ4v) is 2.22. The summed E-state index contributed by atoms with van der Waals surface area (Å²) in [6.45, 7) is 2.90. The molecule has 1 atom stereocenters. The number of piperidine rings is 1. The van der Waals surface area contributed by atoms with E-state index >= 15 is 0 Å². The van der Waals surface area contributed by atoms with Crippen LogP contribution in [0.2, 0.25) is 0 Å². The van der Waals surface area contributed by atoms with E-state index in [1.54, 1.807) is 0 Å². The third-order valence-corrected chi connectivity index (χ3v) is 3.18. The van der Waals surface area contributed by atoms with E-state index in [1.165, 1.54) is 5.56 Å². The van der Waals surface area contributed by atoms with Crippen LogP contribution in [0.15, 0.2) is 30.3 Å². The molecule has 1 aliphatic rings. The minimum Gasteiger partial charge on any atom is -0.356 e. The highest BCUT2D eigenvalue weighted by Gasteiger charge is 2.35. The molecule has 1 amide bonds. The highest BCUT2D eigenvalue weighted by Crippen LogP contribution is 2.30. The molecular weight excluding hydrogens is 186 g/mol. The van der Waals surface area contributed by atoms with Gasteiger partial charge in [-0.25, -0.2) is 0 Å². The molecular formula is C13H17NO. The monoisotopic (exact) mass is 203 g/mol. The molecule has 1 heterocycles. The van der Waals surface area contributed by atoms with Gasteiger partial charge in [0.1, 0.15) is 0 Å². The van der Waals surface area contributed by atoms with Crippen molar-refractivity contribution in [1.29, 1.82) is 0 Å². The predicted octanol–water partition coefficient (Wildman–Crippen LogP) is 2.15. The van der Waals surface area contributed by atoms with Crippen molar-refractivity contribution in [2.24, 2.45) is 5.41 Å². The summed E-state index contributed by atoms with van der Waals surface area (Å²) >= 11 is 0. The Hall–Kier alpha value is -1.31. The molecule has 0 aliphatic carbocycles. The molecule has 1 saturated heterocycles. The number of carbonyl (C=O) groups is 1. The lowest BCUT2D eigenvalue weighted by Crippen LogP contribution is -2.45. The summed E-state index contributed by atoms with van der Waals surface area (Å²) < 4.78 is 0. The third kappa shape index (κ3) is 2.20. The summed E-state index contributed by atoms with van der Waals surface area (Å²) in [4.78, 5) is 11.8. The van der Waals surface area contributed by atoms with Gasteiger partial charge in [-0.1, -0.05) is 37.3 Å². The van der Waals surface area contributed by atoms with Gasteiger partial charge in [0.15, 0.2) is 0 Å². The minimum absolute atomic E-state index is 0.206. The van der Waals surface area contributed by atoms with Crippen molar-refractivity contribution >= 4 is 5.91 Å². The van der Waals surface area contributed by atoms with Crippen LogP contribution in [0.1, 0.15) is 25.3 Å². The van der Waals surface area contributed by atoms with Gasteiger partial charge in [0.2, 0.25) is 5.91 Å². The summed E-state index contributed by atoms with van der Waals surface area (Å²) in [7, 11) is 0. The van der Waals surface area contributed by atoms with E-state index in [0.29, 0.717) is 0 Å². The van der Waals surface area contributed by atoms with Gasteiger partial charge in [-0.05, 0) is 24.8 Å². The van der Waals surface area contributed by atoms with E-state index in [1.807, 2.05) is 18.2 Å². The van der Waals surface area contributed by atoms with Gasteiger partial charge in [-0.15, -0.1) is 0 Å². The second-order valence-electron chi connectivity index (χ2n) is 4.58. The van der Waals surface area contributed by atoms with Gasteiger partial charge in [-0.3, -0.25) is 4.79 Å². The number of carbonyl (C=O) groups excluding carboxylic acids is 1. The van der Waals surface area contributed by atoms with E-state index in [2.05, 4.69) is 24.4 Å². The largest absolute Gasteiger partial charge is 0.356 e. The number of rotatable bonds is 2. The molecule has 1 aliphatic heterocycles. The number of hydrogen-bond acceptors (Lipinski definition) is 1. The number of benzene rings is 1. The van der Waals surface area contributed by atoms with Crippen molar-refractivity contribution in [3.63, 3.8) is 0 Å². The molecule has 80 valence electrons. The highest BCUT2D eigenvalue weighted by atomic mass is 16.2. The van der Waals surface area contributed by atoms with Crippen molar-refractivity contribution in [3.8, 4) is 0 Å². The first-order chi connectivity index (χ1) is 7.21. The third-order valence-electron chi connectivity index (χ3n) is 3.18. The Morgan fingerprint density at radius 1 is 1.33 bits per heavy atom. The number of amides is 1. The van der Waals surface area contributed by atoms with E-state index in [9.17, 15) is 4.79 Å². The summed E-state index contributed by atoms with van der Waals surface area (Å²) in [5.41, 5.74) is 1.04. The molecule has 1 fully saturated rings. The van der Waals surface area contributed by atoms with Crippen molar-refractivity contribution in [1.82, 2.24) is 5.32 Å². The Morgan fingerprint density at radius 3 is 2.73 bits per heavy atom. The first-order valence-electron chi connectivity index (χ1n) is 5.53. The molecule has 0 aromatic heterocycles. The van der Waals surface area contributed by atoms with Crippen LogP contribution < -0.4 is 5.32 Å². The molecule has 2 rings (SSSR count). The molecule has 0 saturated carbocycles. The van der Waals surface area contributed by atoms with Gasteiger partial charge < -0.3 is 5.32 Å². The lowest BCUT2D eigenvalue weighted by molar-refractivity contribution is -0.132. The average molecular weight is 203 g/mol. The van der Waals surface area contributed by atoms with Crippen molar-refractivity contribution in [3.05, 3.63) is 35.9 Å². The fourth-order valence-electron chi connectivity index (χ4n) is 2.22. The summed E-state index contributed by atoms with van der Waals surface area (Å²) in [5.74, 6) is 0.206. The summed E-state index contributed by atoms with van der Waals surface area (Å²) in [6.07, 6.45) is 2.93. The van der Waals surface area contributed by atoms with Gasteiger partial charge >= 0.3 is 0 Å². The van der Waals surface area contributed by atoms with Gasteiger partial charge in [0, 0.05) is 6.54 Å². The van der Waals surface area contributed by atoms with Gasteiger partial charge in [-0.2, -0.15) is 0 Å². The molecule has 1 aromatic carbocycles. The van der Waals surface area contributed by atoms with Gasteiger partial charge in [0.25, 0.3) is 0 Å². The van der Waals surface area contributed by atoms with E-state index in [4.69, 9.17) is 0 Å². The van der Waals surface area contributed by atoms with Crippen LogP contribution in [-0.2, 0) is 11.2 Å². The Balaban J connectivity index is 2.13. The van der Waals surface area contributed by atoms with Crippen molar-refractivity contribution in [2.45, 2.75) is 26.2 Å². The highest BCUT2D eigenvalue weighted by molar-refractivity contribution is 5.83. The Morgan fingerprint density at radius 2 is 2.07 bits per heavy atom. The molecule has 0 unspecified atom stereocenters. The normalized spacial score (nSPS) is 26.1. The van der Waals surface area contributed by atoms with Crippen LogP contribution in [0.5, 0.6) is 0 Å². The second kappa shape index (κ2) is 4.05. The maximum Gasteiger partial charge on any atom is 0.226 e. The first kappa shape index (κ1) is 10.2. The van der Waals surface area contributed by atoms with Crippen molar-refractivity contribution < 1.29 is 4.79 Å². The van der Waals surface area contributed by atoms with Crippen LogP contribution >= 0.6 is 0 Å². The standard InChI is InChI=1S/C13H17NO/c1-13(8-5-9-14-12(13)15)10-11-6-3-2-4-7-11/h2-4,6-7H,5,8-10H2,1H3,(H,14,15)/t13-/m0/s1. The van der Waals surface area contributed by atoms with E-state index < -0.39 is 0 Å². The molecule has 0 radical (unpaired) electrons. The van der Waals surface area contributed by atoms with Crippen LogP contribution in [0.4, 0.5) is 0 Å². The van der Waals surface area contributed by atoms with E-state index in [-0.39, 0.29) is 11.3 Å². The number of hydrogen-bond donors (Lipinski definition) is 1. The predicted molar refractivity (Wildman–Crippen MR) is 60.5 cm³/mol. The zero-order valence-electron chi connectivity index (χ0n) is 9.12. The summed E-state index contributed by atoms with van der Waals surface area (Å²) in [5, 5.41) is 2.95. The first-order valence-corrected chi connectivity index (χ1v) is 5.53. The Bertz CT molecular complexity index is 347. The van der Waals surface area contributed by atoms with Gasteiger partial charge in [0.05, 0.1) is 5.41 Å². The second-order valence-corrected chi connectivity index (χ2v) is 4.58.